The number of benzene rings is 1. The molecular formula is C14H20ClNO3S. The lowest BCUT2D eigenvalue weighted by Gasteiger charge is -2.21. The summed E-state index contributed by atoms with van der Waals surface area (Å²) in [6, 6.07) is 7.07. The van der Waals surface area contributed by atoms with Crippen molar-refractivity contribution in [3.63, 3.8) is 0 Å². The highest BCUT2D eigenvalue weighted by Crippen LogP contribution is 2.23. The number of hydrogen-bond donors (Lipinski definition) is 2. The van der Waals surface area contributed by atoms with E-state index in [0.29, 0.717) is 10.8 Å². The van der Waals surface area contributed by atoms with Crippen LogP contribution in [0.2, 0.25) is 5.02 Å². The maximum Gasteiger partial charge on any atom is 0.223 e. The second-order valence-electron chi connectivity index (χ2n) is 4.34. The molecule has 0 bridgehead atoms. The van der Waals surface area contributed by atoms with E-state index in [2.05, 4.69) is 5.32 Å². The van der Waals surface area contributed by atoms with E-state index in [1.54, 1.807) is 12.1 Å². The predicted octanol–water partition coefficient (Wildman–Crippen LogP) is 2.34. The molecule has 4 nitrogen and oxygen atoms in total. The van der Waals surface area contributed by atoms with Gasteiger partial charge in [-0.1, -0.05) is 23.7 Å². The van der Waals surface area contributed by atoms with Gasteiger partial charge in [-0.25, -0.2) is 0 Å². The second kappa shape index (κ2) is 9.10. The third kappa shape index (κ3) is 5.61. The third-order valence-electron chi connectivity index (χ3n) is 2.85. The summed E-state index contributed by atoms with van der Waals surface area (Å²) in [7, 11) is 0. The van der Waals surface area contributed by atoms with Crippen molar-refractivity contribution >= 4 is 29.3 Å². The van der Waals surface area contributed by atoms with Gasteiger partial charge in [-0.2, -0.15) is 11.8 Å². The van der Waals surface area contributed by atoms with Crippen molar-refractivity contribution in [2.75, 3.05) is 19.5 Å². The van der Waals surface area contributed by atoms with Crippen LogP contribution in [0.1, 0.15) is 13.3 Å². The second-order valence-corrected chi connectivity index (χ2v) is 5.83. The van der Waals surface area contributed by atoms with Gasteiger partial charge in [0, 0.05) is 11.3 Å². The van der Waals surface area contributed by atoms with Crippen LogP contribution in [0.4, 0.5) is 0 Å². The fourth-order valence-electron chi connectivity index (χ4n) is 1.67. The fourth-order valence-corrected chi connectivity index (χ4v) is 2.49. The molecule has 2 N–H and O–H groups in total. The molecule has 1 rings (SSSR count). The summed E-state index contributed by atoms with van der Waals surface area (Å²) < 4.78 is 5.45. The van der Waals surface area contributed by atoms with Gasteiger partial charge in [-0.05, 0) is 25.3 Å². The van der Waals surface area contributed by atoms with Crippen molar-refractivity contribution in [2.45, 2.75) is 24.6 Å². The molecule has 1 aromatic rings. The van der Waals surface area contributed by atoms with Gasteiger partial charge >= 0.3 is 0 Å². The Balaban J connectivity index is 2.32. The van der Waals surface area contributed by atoms with Gasteiger partial charge in [-0.15, -0.1) is 0 Å². The molecule has 0 fully saturated rings. The van der Waals surface area contributed by atoms with E-state index in [0.717, 1.165) is 0 Å². The van der Waals surface area contributed by atoms with Gasteiger partial charge in [-0.3, -0.25) is 4.79 Å². The lowest BCUT2D eigenvalue weighted by Crippen LogP contribution is -2.41. The van der Waals surface area contributed by atoms with Crippen LogP contribution in [0, 0.1) is 0 Å². The molecule has 20 heavy (non-hydrogen) atoms. The maximum atomic E-state index is 11.7. The Kier molecular flexibility index (Phi) is 7.80. The van der Waals surface area contributed by atoms with Crippen molar-refractivity contribution in [3.8, 4) is 5.75 Å². The molecule has 1 amide bonds. The van der Waals surface area contributed by atoms with E-state index < -0.39 is 0 Å². The maximum absolute atomic E-state index is 11.7. The van der Waals surface area contributed by atoms with Gasteiger partial charge < -0.3 is 15.2 Å². The summed E-state index contributed by atoms with van der Waals surface area (Å²) in [5.41, 5.74) is 0. The molecule has 0 aromatic heterocycles. The zero-order chi connectivity index (χ0) is 15.0. The number of thioether (sulfide) groups is 1. The molecule has 6 heteroatoms. The van der Waals surface area contributed by atoms with E-state index in [-0.39, 0.29) is 36.8 Å². The van der Waals surface area contributed by atoms with Crippen LogP contribution in [-0.4, -0.2) is 41.8 Å². The van der Waals surface area contributed by atoms with E-state index in [4.69, 9.17) is 21.4 Å². The zero-order valence-electron chi connectivity index (χ0n) is 11.6. The average Bonchev–Trinajstić information content (AvgIpc) is 2.42. The smallest absolute Gasteiger partial charge is 0.223 e. The highest BCUT2D eigenvalue weighted by Gasteiger charge is 2.17. The molecule has 0 saturated heterocycles. The van der Waals surface area contributed by atoms with Gasteiger partial charge in [0.1, 0.15) is 5.75 Å². The molecular weight excluding hydrogens is 298 g/mol. The Labute approximate surface area is 128 Å². The number of aliphatic hydroxyl groups excluding tert-OH is 1. The molecule has 0 heterocycles. The van der Waals surface area contributed by atoms with E-state index in [1.165, 1.54) is 11.8 Å². The Hall–Kier alpha value is -0.910. The standard InChI is InChI=1S/C14H20ClNO3S/c1-10(13(9-17)20-2)16-14(18)7-8-19-12-6-4-3-5-11(12)15/h3-6,10,13,17H,7-9H2,1-2H3,(H,16,18). The van der Waals surface area contributed by atoms with Crippen LogP contribution in [0.25, 0.3) is 0 Å². The molecule has 0 radical (unpaired) electrons. The molecule has 2 atom stereocenters. The van der Waals surface area contributed by atoms with Crippen molar-refractivity contribution in [2.24, 2.45) is 0 Å². The Bertz CT molecular complexity index is 427. The first kappa shape index (κ1) is 17.1. The average molecular weight is 318 g/mol. The molecule has 112 valence electrons. The molecule has 0 saturated carbocycles. The van der Waals surface area contributed by atoms with Crippen LogP contribution in [0.3, 0.4) is 0 Å². The van der Waals surface area contributed by atoms with Crippen LogP contribution < -0.4 is 10.1 Å². The quantitative estimate of drug-likeness (QED) is 0.772. The van der Waals surface area contributed by atoms with Crippen molar-refractivity contribution < 1.29 is 14.6 Å². The molecule has 0 aliphatic heterocycles. The van der Waals surface area contributed by atoms with Gasteiger partial charge in [0.15, 0.2) is 0 Å². The summed E-state index contributed by atoms with van der Waals surface area (Å²) in [4.78, 5) is 11.7. The number of ether oxygens (including phenoxy) is 1. The summed E-state index contributed by atoms with van der Waals surface area (Å²) in [6.45, 7) is 2.19. The molecule has 2 unspecified atom stereocenters. The lowest BCUT2D eigenvalue weighted by molar-refractivity contribution is -0.122. The Morgan fingerprint density at radius 2 is 2.20 bits per heavy atom. The normalized spacial score (nSPS) is 13.6. The summed E-state index contributed by atoms with van der Waals surface area (Å²) in [6.07, 6.45) is 2.16. The predicted molar refractivity (Wildman–Crippen MR) is 83.6 cm³/mol. The largest absolute Gasteiger partial charge is 0.491 e. The zero-order valence-corrected chi connectivity index (χ0v) is 13.2. The van der Waals surface area contributed by atoms with Gasteiger partial charge in [0.25, 0.3) is 0 Å². The van der Waals surface area contributed by atoms with Crippen molar-refractivity contribution in [1.29, 1.82) is 0 Å². The SMILES string of the molecule is CSC(CO)C(C)NC(=O)CCOc1ccccc1Cl. The molecule has 1 aromatic carbocycles. The number of carbonyl (C=O) groups excluding carboxylic acids is 1. The number of amides is 1. The fraction of sp³-hybridized carbons (Fsp3) is 0.500. The van der Waals surface area contributed by atoms with Crippen LogP contribution in [0.15, 0.2) is 24.3 Å². The highest BCUT2D eigenvalue weighted by atomic mass is 35.5. The molecule has 0 spiro atoms. The molecule has 0 aliphatic carbocycles. The Morgan fingerprint density at radius 3 is 2.80 bits per heavy atom. The van der Waals surface area contributed by atoms with Crippen LogP contribution in [-0.2, 0) is 4.79 Å². The summed E-state index contributed by atoms with van der Waals surface area (Å²) in [5, 5.41) is 12.5. The van der Waals surface area contributed by atoms with Crippen molar-refractivity contribution in [3.05, 3.63) is 29.3 Å². The molecule has 0 aliphatic rings. The number of aliphatic hydroxyl groups is 1. The van der Waals surface area contributed by atoms with Crippen molar-refractivity contribution in [1.82, 2.24) is 5.32 Å². The number of nitrogens with one attached hydrogen (secondary N) is 1. The van der Waals surface area contributed by atoms with E-state index in [9.17, 15) is 4.79 Å². The highest BCUT2D eigenvalue weighted by molar-refractivity contribution is 7.99. The van der Waals surface area contributed by atoms with E-state index >= 15 is 0 Å². The lowest BCUT2D eigenvalue weighted by atomic mass is 10.2. The first-order valence-corrected chi connectivity index (χ1v) is 8.05. The van der Waals surface area contributed by atoms with Crippen LogP contribution >= 0.6 is 23.4 Å². The minimum absolute atomic E-state index is 0.00318. The number of carbonyl (C=O) groups is 1. The van der Waals surface area contributed by atoms with Gasteiger partial charge in [0.05, 0.1) is 24.7 Å². The van der Waals surface area contributed by atoms with Gasteiger partial charge in [0.2, 0.25) is 5.91 Å². The summed E-state index contributed by atoms with van der Waals surface area (Å²) in [5.74, 6) is 0.476. The number of rotatable bonds is 8. The topological polar surface area (TPSA) is 58.6 Å². The van der Waals surface area contributed by atoms with Crippen LogP contribution in [0.5, 0.6) is 5.75 Å². The summed E-state index contributed by atoms with van der Waals surface area (Å²) >= 11 is 7.48. The first-order valence-electron chi connectivity index (χ1n) is 6.38. The number of hydrogen-bond acceptors (Lipinski definition) is 4. The minimum atomic E-state index is -0.1000. The third-order valence-corrected chi connectivity index (χ3v) is 4.33. The first-order chi connectivity index (χ1) is 9.58. The van der Waals surface area contributed by atoms with E-state index in [1.807, 2.05) is 25.3 Å². The Morgan fingerprint density at radius 1 is 1.50 bits per heavy atom. The monoisotopic (exact) mass is 317 g/mol. The number of halogens is 1. The minimum Gasteiger partial charge on any atom is -0.491 e. The number of para-hydroxylation sites is 1.